The number of ketones is 1. The number of hydrogen-bond acceptors (Lipinski definition) is 6. The van der Waals surface area contributed by atoms with Gasteiger partial charge in [0.15, 0.2) is 17.3 Å². The molecule has 2 heterocycles. The summed E-state index contributed by atoms with van der Waals surface area (Å²) in [4.78, 5) is 13.1. The van der Waals surface area contributed by atoms with Crippen molar-refractivity contribution in [2.24, 2.45) is 0 Å². The minimum Gasteiger partial charge on any atom is -0.502 e. The Labute approximate surface area is 192 Å². The standard InChI is InChI=1S/C26H26N2O5/c1-15-22-23(17-12-20(31-2)25(30)21(13-17)32-3)24-18(29)10-7-11-19(24)33-26(22)28(27-15)14-16-8-5-4-6-9-16/h4-6,8-9,12-13,23,30H,7,10-11,14H2,1-3H3. The summed E-state index contributed by atoms with van der Waals surface area (Å²) < 4.78 is 19.0. The largest absolute Gasteiger partial charge is 0.502 e. The molecular weight excluding hydrogens is 420 g/mol. The van der Waals surface area contributed by atoms with Crippen LogP contribution in [0.3, 0.4) is 0 Å². The number of phenolic OH excluding ortho intramolecular Hbond substituents is 1. The molecule has 0 amide bonds. The van der Waals surface area contributed by atoms with Gasteiger partial charge in [0.05, 0.1) is 26.5 Å². The van der Waals surface area contributed by atoms with E-state index in [0.717, 1.165) is 28.8 Å². The molecule has 0 fully saturated rings. The van der Waals surface area contributed by atoms with Gasteiger partial charge in [-0.3, -0.25) is 4.79 Å². The van der Waals surface area contributed by atoms with Gasteiger partial charge in [-0.1, -0.05) is 30.3 Å². The van der Waals surface area contributed by atoms with Gasteiger partial charge in [0.2, 0.25) is 11.6 Å². The molecule has 33 heavy (non-hydrogen) atoms. The molecule has 1 aliphatic heterocycles. The quantitative estimate of drug-likeness (QED) is 0.622. The molecule has 170 valence electrons. The summed E-state index contributed by atoms with van der Waals surface area (Å²) in [5.41, 5.74) is 4.20. The Morgan fingerprint density at radius 3 is 2.48 bits per heavy atom. The van der Waals surface area contributed by atoms with E-state index >= 15 is 0 Å². The number of carbonyl (C=O) groups excluding carboxylic acids is 1. The monoisotopic (exact) mass is 446 g/mol. The fourth-order valence-electron chi connectivity index (χ4n) is 4.81. The summed E-state index contributed by atoms with van der Waals surface area (Å²) in [5, 5.41) is 15.2. The molecule has 0 radical (unpaired) electrons. The van der Waals surface area contributed by atoms with E-state index < -0.39 is 0 Å². The molecule has 1 aliphatic carbocycles. The van der Waals surface area contributed by atoms with Crippen LogP contribution < -0.4 is 14.2 Å². The molecule has 2 aliphatic rings. The Hall–Kier alpha value is -3.74. The van der Waals surface area contributed by atoms with Gasteiger partial charge < -0.3 is 19.3 Å². The van der Waals surface area contributed by atoms with Crippen molar-refractivity contribution in [1.82, 2.24) is 9.78 Å². The molecule has 1 aromatic heterocycles. The van der Waals surface area contributed by atoms with Crippen LogP contribution in [0.5, 0.6) is 23.1 Å². The summed E-state index contributed by atoms with van der Waals surface area (Å²) >= 11 is 0. The third-order valence-corrected chi connectivity index (χ3v) is 6.34. The van der Waals surface area contributed by atoms with Crippen LogP contribution in [0.15, 0.2) is 53.8 Å². The lowest BCUT2D eigenvalue weighted by Gasteiger charge is -2.32. The van der Waals surface area contributed by atoms with E-state index in [1.54, 1.807) is 12.1 Å². The van der Waals surface area contributed by atoms with E-state index in [4.69, 9.17) is 19.3 Å². The number of aryl methyl sites for hydroxylation is 1. The van der Waals surface area contributed by atoms with Crippen molar-refractivity contribution >= 4 is 5.78 Å². The van der Waals surface area contributed by atoms with Crippen LogP contribution in [0.4, 0.5) is 0 Å². The van der Waals surface area contributed by atoms with Gasteiger partial charge in [-0.05, 0) is 36.6 Å². The Bertz CT molecular complexity index is 1230. The average Bonchev–Trinajstić information content (AvgIpc) is 3.13. The Morgan fingerprint density at radius 1 is 1.12 bits per heavy atom. The molecule has 7 heteroatoms. The number of allylic oxidation sites excluding steroid dienone is 2. The van der Waals surface area contributed by atoms with Crippen LogP contribution in [0.1, 0.15) is 47.6 Å². The summed E-state index contributed by atoms with van der Waals surface area (Å²) in [6.45, 7) is 2.49. The van der Waals surface area contributed by atoms with Crippen LogP contribution in [-0.2, 0) is 11.3 Å². The van der Waals surface area contributed by atoms with Crippen molar-refractivity contribution < 1.29 is 24.1 Å². The molecule has 1 N–H and O–H groups in total. The highest BCUT2D eigenvalue weighted by molar-refractivity contribution is 5.99. The number of aromatic hydroxyl groups is 1. The van der Waals surface area contributed by atoms with Gasteiger partial charge in [0, 0.05) is 29.9 Å². The van der Waals surface area contributed by atoms with Crippen LogP contribution in [0, 0.1) is 6.92 Å². The molecule has 3 aromatic rings. The molecule has 1 unspecified atom stereocenters. The Balaban J connectivity index is 1.71. The average molecular weight is 447 g/mol. The first-order chi connectivity index (χ1) is 16.0. The first-order valence-corrected chi connectivity index (χ1v) is 11.0. The van der Waals surface area contributed by atoms with Crippen molar-refractivity contribution in [2.45, 2.75) is 38.6 Å². The van der Waals surface area contributed by atoms with E-state index in [1.165, 1.54) is 14.2 Å². The number of aromatic nitrogens is 2. The number of carbonyl (C=O) groups is 1. The van der Waals surface area contributed by atoms with Gasteiger partial charge >= 0.3 is 0 Å². The molecule has 1 atom stereocenters. The maximum absolute atomic E-state index is 13.1. The smallest absolute Gasteiger partial charge is 0.222 e. The fraction of sp³-hybridized carbons (Fsp3) is 0.308. The van der Waals surface area contributed by atoms with Crippen molar-refractivity contribution in [3.8, 4) is 23.1 Å². The lowest BCUT2D eigenvalue weighted by molar-refractivity contribution is -0.116. The molecule has 0 bridgehead atoms. The summed E-state index contributed by atoms with van der Waals surface area (Å²) in [6.07, 6.45) is 1.93. The maximum Gasteiger partial charge on any atom is 0.222 e. The number of rotatable bonds is 5. The number of nitrogens with zero attached hydrogens (tertiary/aromatic N) is 2. The van der Waals surface area contributed by atoms with Gasteiger partial charge in [0.1, 0.15) is 5.76 Å². The Kier molecular flexibility index (Phi) is 5.32. The van der Waals surface area contributed by atoms with E-state index in [1.807, 2.05) is 41.9 Å². The third kappa shape index (κ3) is 3.53. The lowest BCUT2D eigenvalue weighted by Crippen LogP contribution is -2.26. The first-order valence-electron chi connectivity index (χ1n) is 11.0. The molecule has 0 saturated heterocycles. The van der Waals surface area contributed by atoms with E-state index in [2.05, 4.69) is 0 Å². The van der Waals surface area contributed by atoms with Gasteiger partial charge in [-0.2, -0.15) is 5.10 Å². The second kappa shape index (κ2) is 8.31. The van der Waals surface area contributed by atoms with Crippen molar-refractivity contribution in [2.75, 3.05) is 14.2 Å². The highest BCUT2D eigenvalue weighted by Crippen LogP contribution is 2.50. The summed E-state index contributed by atoms with van der Waals surface area (Å²) in [7, 11) is 2.99. The summed E-state index contributed by atoms with van der Waals surface area (Å²) in [5.74, 6) is 1.55. The van der Waals surface area contributed by atoms with Crippen molar-refractivity contribution in [3.05, 3.63) is 76.2 Å². The number of fused-ring (bicyclic) bond motifs is 1. The normalized spacial score (nSPS) is 17.3. The first kappa shape index (κ1) is 21.1. The number of benzene rings is 2. The van der Waals surface area contributed by atoms with Crippen LogP contribution in [-0.4, -0.2) is 34.9 Å². The predicted octanol–water partition coefficient (Wildman–Crippen LogP) is 4.49. The minimum absolute atomic E-state index is 0.0725. The van der Waals surface area contributed by atoms with Crippen LogP contribution in [0.25, 0.3) is 0 Å². The molecule has 0 saturated carbocycles. The van der Waals surface area contributed by atoms with Crippen LogP contribution >= 0.6 is 0 Å². The zero-order chi connectivity index (χ0) is 23.1. The second-order valence-corrected chi connectivity index (χ2v) is 8.37. The number of Topliss-reactive ketones (excluding diaryl/α,β-unsaturated/α-hetero) is 1. The molecule has 7 nitrogen and oxygen atoms in total. The predicted molar refractivity (Wildman–Crippen MR) is 122 cm³/mol. The zero-order valence-electron chi connectivity index (χ0n) is 18.9. The number of ether oxygens (including phenoxy) is 3. The SMILES string of the molecule is COc1cc(C2C3=C(CCCC3=O)Oc3c2c(C)nn3Cc2ccccc2)cc(OC)c1O. The highest BCUT2D eigenvalue weighted by Gasteiger charge is 2.40. The molecule has 5 rings (SSSR count). The number of hydrogen-bond donors (Lipinski definition) is 1. The van der Waals surface area contributed by atoms with E-state index in [-0.39, 0.29) is 28.9 Å². The van der Waals surface area contributed by atoms with Gasteiger partial charge in [-0.25, -0.2) is 4.68 Å². The van der Waals surface area contributed by atoms with Crippen molar-refractivity contribution in [1.29, 1.82) is 0 Å². The number of phenols is 1. The topological polar surface area (TPSA) is 82.8 Å². The van der Waals surface area contributed by atoms with E-state index in [9.17, 15) is 9.90 Å². The molecule has 2 aromatic carbocycles. The minimum atomic E-state index is -0.385. The molecule has 0 spiro atoms. The lowest BCUT2D eigenvalue weighted by atomic mass is 9.77. The fourth-order valence-corrected chi connectivity index (χ4v) is 4.81. The Morgan fingerprint density at radius 2 is 1.82 bits per heavy atom. The van der Waals surface area contributed by atoms with Gasteiger partial charge in [0.25, 0.3) is 0 Å². The van der Waals surface area contributed by atoms with E-state index in [0.29, 0.717) is 36.6 Å². The van der Waals surface area contributed by atoms with Crippen LogP contribution in [0.2, 0.25) is 0 Å². The maximum atomic E-state index is 13.1. The third-order valence-electron chi connectivity index (χ3n) is 6.34. The second-order valence-electron chi connectivity index (χ2n) is 8.37. The number of methoxy groups -OCH3 is 2. The van der Waals surface area contributed by atoms with Crippen molar-refractivity contribution in [3.63, 3.8) is 0 Å². The highest BCUT2D eigenvalue weighted by atomic mass is 16.5. The molecular formula is C26H26N2O5. The van der Waals surface area contributed by atoms with Gasteiger partial charge in [-0.15, -0.1) is 0 Å². The zero-order valence-corrected chi connectivity index (χ0v) is 18.9. The summed E-state index contributed by atoms with van der Waals surface area (Å²) in [6, 6.07) is 13.6.